The van der Waals surface area contributed by atoms with Gasteiger partial charge in [0.05, 0.1) is 25.5 Å². The van der Waals surface area contributed by atoms with Crippen molar-refractivity contribution >= 4 is 29.5 Å². The molecule has 0 saturated heterocycles. The Labute approximate surface area is 163 Å². The van der Waals surface area contributed by atoms with Crippen LogP contribution in [0.5, 0.6) is 17.2 Å². The van der Waals surface area contributed by atoms with Crippen molar-refractivity contribution in [3.05, 3.63) is 53.6 Å². The highest BCUT2D eigenvalue weighted by molar-refractivity contribution is 7.80. The number of nitrogens with zero attached hydrogens (tertiary/aromatic N) is 1. The third kappa shape index (κ3) is 6.27. The fourth-order valence-electron chi connectivity index (χ4n) is 2.09. The van der Waals surface area contributed by atoms with E-state index in [2.05, 4.69) is 22.7 Å². The number of thiocarbonyl (C=S) groups is 1. The van der Waals surface area contributed by atoms with E-state index in [1.807, 2.05) is 6.92 Å². The Kier molecular flexibility index (Phi) is 7.57. The summed E-state index contributed by atoms with van der Waals surface area (Å²) in [5.74, 6) is 0.908. The minimum Gasteiger partial charge on any atom is -0.494 e. The lowest BCUT2D eigenvalue weighted by Gasteiger charge is -2.10. The first-order valence-electron chi connectivity index (χ1n) is 8.25. The van der Waals surface area contributed by atoms with Crippen molar-refractivity contribution < 1.29 is 19.0 Å². The zero-order chi connectivity index (χ0) is 19.6. The molecule has 27 heavy (non-hydrogen) atoms. The SMILES string of the molecule is CCCOc1ccc(C(=O)Oc2ccc(/C=N/NC(N)=S)cc2OC)cc1. The summed E-state index contributed by atoms with van der Waals surface area (Å²) in [7, 11) is 1.49. The van der Waals surface area contributed by atoms with Gasteiger partial charge in [-0.15, -0.1) is 0 Å². The maximum absolute atomic E-state index is 12.4. The van der Waals surface area contributed by atoms with Crippen molar-refractivity contribution in [1.29, 1.82) is 0 Å². The van der Waals surface area contributed by atoms with E-state index in [-0.39, 0.29) is 5.11 Å². The number of carbonyl (C=O) groups excluding carboxylic acids is 1. The molecule has 0 aliphatic carbocycles. The summed E-state index contributed by atoms with van der Waals surface area (Å²) in [6.07, 6.45) is 2.43. The zero-order valence-electron chi connectivity index (χ0n) is 15.1. The summed E-state index contributed by atoms with van der Waals surface area (Å²) in [5.41, 5.74) is 8.88. The Morgan fingerprint density at radius 3 is 2.59 bits per heavy atom. The normalized spacial score (nSPS) is 10.4. The number of carbonyl (C=O) groups is 1. The quantitative estimate of drug-likeness (QED) is 0.236. The Hall–Kier alpha value is -3.13. The molecule has 2 aromatic carbocycles. The molecule has 0 fully saturated rings. The first-order valence-corrected chi connectivity index (χ1v) is 8.66. The van der Waals surface area contributed by atoms with E-state index in [9.17, 15) is 4.79 Å². The van der Waals surface area contributed by atoms with Crippen LogP contribution in [0.2, 0.25) is 0 Å². The van der Waals surface area contributed by atoms with E-state index in [1.54, 1.807) is 42.5 Å². The number of methoxy groups -OCH3 is 1. The molecule has 3 N–H and O–H groups in total. The lowest BCUT2D eigenvalue weighted by Crippen LogP contribution is -2.23. The predicted molar refractivity (Wildman–Crippen MR) is 108 cm³/mol. The molecule has 0 bridgehead atoms. The van der Waals surface area contributed by atoms with Gasteiger partial charge in [0.1, 0.15) is 5.75 Å². The van der Waals surface area contributed by atoms with Gasteiger partial charge in [-0.2, -0.15) is 5.10 Å². The number of esters is 1. The monoisotopic (exact) mass is 387 g/mol. The molecular formula is C19H21N3O4S. The van der Waals surface area contributed by atoms with Gasteiger partial charge in [-0.1, -0.05) is 6.92 Å². The Bertz CT molecular complexity index is 822. The fourth-order valence-corrected chi connectivity index (χ4v) is 2.14. The average molecular weight is 387 g/mol. The molecule has 0 heterocycles. The molecule has 0 spiro atoms. The van der Waals surface area contributed by atoms with Crippen molar-refractivity contribution in [2.24, 2.45) is 10.8 Å². The van der Waals surface area contributed by atoms with Crippen LogP contribution in [-0.2, 0) is 0 Å². The number of rotatable bonds is 8. The van der Waals surface area contributed by atoms with Gasteiger partial charge in [0.15, 0.2) is 16.6 Å². The van der Waals surface area contributed by atoms with Crippen LogP contribution in [0.15, 0.2) is 47.6 Å². The topological polar surface area (TPSA) is 95.2 Å². The minimum absolute atomic E-state index is 0.0647. The number of hydrogen-bond donors (Lipinski definition) is 2. The van der Waals surface area contributed by atoms with Crippen LogP contribution >= 0.6 is 12.2 Å². The second-order valence-electron chi connectivity index (χ2n) is 5.41. The standard InChI is InChI=1S/C19H21N3O4S/c1-3-10-25-15-7-5-14(6-8-15)18(23)26-16-9-4-13(11-17(16)24-2)12-21-22-19(20)27/h4-9,11-12H,3,10H2,1-2H3,(H3,20,22,27)/b21-12+. The van der Waals surface area contributed by atoms with Gasteiger partial charge in [-0.05, 0) is 66.7 Å². The molecule has 0 saturated carbocycles. The lowest BCUT2D eigenvalue weighted by molar-refractivity contribution is 0.0729. The van der Waals surface area contributed by atoms with E-state index in [0.29, 0.717) is 35.0 Å². The van der Waals surface area contributed by atoms with Gasteiger partial charge in [0.2, 0.25) is 0 Å². The van der Waals surface area contributed by atoms with Crippen molar-refractivity contribution in [3.63, 3.8) is 0 Å². The number of benzene rings is 2. The highest BCUT2D eigenvalue weighted by Crippen LogP contribution is 2.28. The van der Waals surface area contributed by atoms with Crippen LogP contribution in [0, 0.1) is 0 Å². The van der Waals surface area contributed by atoms with Crippen LogP contribution in [0.3, 0.4) is 0 Å². The maximum atomic E-state index is 12.4. The summed E-state index contributed by atoms with van der Waals surface area (Å²) in [6, 6.07) is 11.8. The van der Waals surface area contributed by atoms with E-state index >= 15 is 0 Å². The number of ether oxygens (including phenoxy) is 3. The molecular weight excluding hydrogens is 366 g/mol. The Morgan fingerprint density at radius 2 is 1.96 bits per heavy atom. The van der Waals surface area contributed by atoms with Gasteiger partial charge in [0, 0.05) is 0 Å². The van der Waals surface area contributed by atoms with E-state index < -0.39 is 5.97 Å². The Morgan fingerprint density at radius 1 is 1.22 bits per heavy atom. The van der Waals surface area contributed by atoms with Gasteiger partial charge in [-0.25, -0.2) is 4.79 Å². The van der Waals surface area contributed by atoms with Gasteiger partial charge < -0.3 is 19.9 Å². The summed E-state index contributed by atoms with van der Waals surface area (Å²) < 4.78 is 16.2. The first kappa shape index (κ1) is 20.2. The number of hydrazone groups is 1. The lowest BCUT2D eigenvalue weighted by atomic mass is 10.2. The van der Waals surface area contributed by atoms with Crippen LogP contribution in [0.25, 0.3) is 0 Å². The summed E-state index contributed by atoms with van der Waals surface area (Å²) in [5, 5.41) is 3.93. The fraction of sp³-hybridized carbons (Fsp3) is 0.211. The van der Waals surface area contributed by atoms with Crippen molar-refractivity contribution in [1.82, 2.24) is 5.43 Å². The van der Waals surface area contributed by atoms with E-state index in [4.69, 9.17) is 19.9 Å². The van der Waals surface area contributed by atoms with E-state index in [1.165, 1.54) is 13.3 Å². The van der Waals surface area contributed by atoms with Crippen LogP contribution in [0.4, 0.5) is 0 Å². The van der Waals surface area contributed by atoms with Crippen molar-refractivity contribution in [2.75, 3.05) is 13.7 Å². The zero-order valence-corrected chi connectivity index (χ0v) is 15.9. The number of nitrogens with one attached hydrogen (secondary N) is 1. The molecule has 0 aliphatic rings. The van der Waals surface area contributed by atoms with E-state index in [0.717, 1.165) is 6.42 Å². The molecule has 0 aliphatic heterocycles. The molecule has 142 valence electrons. The second kappa shape index (κ2) is 10.1. The van der Waals surface area contributed by atoms with Crippen LogP contribution in [-0.4, -0.2) is 31.0 Å². The molecule has 8 heteroatoms. The van der Waals surface area contributed by atoms with Crippen molar-refractivity contribution in [3.8, 4) is 17.2 Å². The van der Waals surface area contributed by atoms with Gasteiger partial charge >= 0.3 is 5.97 Å². The summed E-state index contributed by atoms with van der Waals surface area (Å²) in [4.78, 5) is 12.4. The first-order chi connectivity index (χ1) is 13.0. The highest BCUT2D eigenvalue weighted by Gasteiger charge is 2.13. The molecule has 0 unspecified atom stereocenters. The largest absolute Gasteiger partial charge is 0.494 e. The highest BCUT2D eigenvalue weighted by atomic mass is 32.1. The van der Waals surface area contributed by atoms with Crippen molar-refractivity contribution in [2.45, 2.75) is 13.3 Å². The van der Waals surface area contributed by atoms with Crippen LogP contribution < -0.4 is 25.4 Å². The van der Waals surface area contributed by atoms with Gasteiger partial charge in [-0.3, -0.25) is 5.43 Å². The van der Waals surface area contributed by atoms with Crippen LogP contribution in [0.1, 0.15) is 29.3 Å². The third-order valence-corrected chi connectivity index (χ3v) is 3.43. The predicted octanol–water partition coefficient (Wildman–Crippen LogP) is 2.87. The molecule has 2 aromatic rings. The second-order valence-corrected chi connectivity index (χ2v) is 5.85. The Balaban J connectivity index is 2.08. The van der Waals surface area contributed by atoms with Gasteiger partial charge in [0.25, 0.3) is 0 Å². The summed E-state index contributed by atoms with van der Waals surface area (Å²) in [6.45, 7) is 2.66. The molecule has 7 nitrogen and oxygen atoms in total. The molecule has 0 amide bonds. The maximum Gasteiger partial charge on any atom is 0.343 e. The number of nitrogens with two attached hydrogens (primary N) is 1. The molecule has 0 atom stereocenters. The smallest absolute Gasteiger partial charge is 0.343 e. The molecule has 0 aromatic heterocycles. The number of hydrogen-bond acceptors (Lipinski definition) is 6. The third-order valence-electron chi connectivity index (χ3n) is 3.34. The average Bonchev–Trinajstić information content (AvgIpc) is 2.67. The summed E-state index contributed by atoms with van der Waals surface area (Å²) >= 11 is 4.67. The minimum atomic E-state index is -0.494. The molecule has 2 rings (SSSR count). The molecule has 0 radical (unpaired) electrons.